The summed E-state index contributed by atoms with van der Waals surface area (Å²) in [5.74, 6) is -1.01. The molecule has 0 saturated heterocycles. The molecule has 10 nitrogen and oxygen atoms in total. The number of aliphatic hydroxyl groups is 1. The molecule has 0 aromatic heterocycles. The van der Waals surface area contributed by atoms with Crippen molar-refractivity contribution >= 4 is 19.8 Å². The van der Waals surface area contributed by atoms with Gasteiger partial charge in [-0.2, -0.15) is 0 Å². The fraction of sp³-hybridized carbons (Fsp3) is 0.511. The standard InChI is InChI=1S/C45H70NO9P/c1-3-5-7-8-9-10-11-12-13-16-20-23-26-29-33-37-45(49)55-43(41-54-56(50,51)53-39-38-46)40-52-44(48)36-32-28-25-22-19-17-14-15-18-21-24-27-31-35-42(47)34-30-6-4-2/h5-7,9-10,12-13,15,17-20,23-25,27-28,30-31,35,42-43,47H,3-4,8,11,14,16,21-22,26,29,32-34,36-41,46H2,1-2H3,(H,50,51)/b7-5-,10-9-,13-12-,18-15-,19-17-,23-20-,27-24+,28-25-,30-6-,35-31+/t42?,43-/m1/s1. The van der Waals surface area contributed by atoms with Gasteiger partial charge in [0.05, 0.1) is 19.3 Å². The molecule has 0 aliphatic carbocycles. The summed E-state index contributed by atoms with van der Waals surface area (Å²) in [6.07, 6.45) is 50.1. The van der Waals surface area contributed by atoms with Crippen molar-refractivity contribution in [3.05, 3.63) is 122 Å². The van der Waals surface area contributed by atoms with Crippen LogP contribution in [0.15, 0.2) is 122 Å². The molecule has 0 saturated carbocycles. The zero-order valence-corrected chi connectivity index (χ0v) is 34.8. The minimum absolute atomic E-state index is 0.0233. The predicted octanol–water partition coefficient (Wildman–Crippen LogP) is 10.3. The monoisotopic (exact) mass is 799 g/mol. The molecule has 314 valence electrons. The molecule has 2 unspecified atom stereocenters. The summed E-state index contributed by atoms with van der Waals surface area (Å²) in [6.45, 7) is 3.21. The van der Waals surface area contributed by atoms with Crippen LogP contribution in [0.5, 0.6) is 0 Å². The molecule has 4 N–H and O–H groups in total. The molecule has 0 aromatic carbocycles. The highest BCUT2D eigenvalue weighted by molar-refractivity contribution is 7.47. The van der Waals surface area contributed by atoms with E-state index in [1.165, 1.54) is 0 Å². The normalized spacial score (nSPS) is 15.2. The van der Waals surface area contributed by atoms with Gasteiger partial charge in [-0.25, -0.2) is 4.57 Å². The van der Waals surface area contributed by atoms with E-state index in [0.717, 1.165) is 64.2 Å². The van der Waals surface area contributed by atoms with Gasteiger partial charge in [0.2, 0.25) is 0 Å². The quantitative estimate of drug-likeness (QED) is 0.0185. The zero-order valence-electron chi connectivity index (χ0n) is 33.9. The van der Waals surface area contributed by atoms with Crippen LogP contribution in [0.25, 0.3) is 0 Å². The topological polar surface area (TPSA) is 155 Å². The van der Waals surface area contributed by atoms with Crippen LogP contribution in [0, 0.1) is 0 Å². The Morgan fingerprint density at radius 1 is 0.625 bits per heavy atom. The summed E-state index contributed by atoms with van der Waals surface area (Å²) in [5, 5.41) is 9.82. The molecule has 0 spiro atoms. The van der Waals surface area contributed by atoms with Crippen molar-refractivity contribution in [2.75, 3.05) is 26.4 Å². The number of esters is 2. The Morgan fingerprint density at radius 3 is 1.75 bits per heavy atom. The van der Waals surface area contributed by atoms with Crippen LogP contribution in [0.3, 0.4) is 0 Å². The number of phosphoric acid groups is 1. The van der Waals surface area contributed by atoms with Gasteiger partial charge in [-0.3, -0.25) is 18.6 Å². The maximum atomic E-state index is 12.5. The average Bonchev–Trinajstić information content (AvgIpc) is 3.18. The lowest BCUT2D eigenvalue weighted by atomic mass is 10.2. The molecule has 0 radical (unpaired) electrons. The molecule has 0 bridgehead atoms. The maximum absolute atomic E-state index is 12.5. The van der Waals surface area contributed by atoms with E-state index in [9.17, 15) is 24.2 Å². The largest absolute Gasteiger partial charge is 0.472 e. The van der Waals surface area contributed by atoms with Crippen LogP contribution in [0.2, 0.25) is 0 Å². The number of carbonyl (C=O) groups excluding carboxylic acids is 2. The van der Waals surface area contributed by atoms with Gasteiger partial charge < -0.3 is 25.2 Å². The lowest BCUT2D eigenvalue weighted by Gasteiger charge is -2.19. The third kappa shape index (κ3) is 38.6. The minimum Gasteiger partial charge on any atom is -0.462 e. The van der Waals surface area contributed by atoms with E-state index in [4.69, 9.17) is 24.3 Å². The van der Waals surface area contributed by atoms with Gasteiger partial charge in [0.15, 0.2) is 6.10 Å². The van der Waals surface area contributed by atoms with Crippen molar-refractivity contribution < 1.29 is 42.7 Å². The summed E-state index contributed by atoms with van der Waals surface area (Å²) < 4.78 is 32.5. The number of allylic oxidation sites excluding steroid dienone is 18. The highest BCUT2D eigenvalue weighted by Crippen LogP contribution is 2.43. The van der Waals surface area contributed by atoms with Crippen LogP contribution >= 0.6 is 7.82 Å². The van der Waals surface area contributed by atoms with Crippen molar-refractivity contribution in [3.63, 3.8) is 0 Å². The molecule has 0 aromatic rings. The summed E-state index contributed by atoms with van der Waals surface area (Å²) in [5.41, 5.74) is 5.33. The Morgan fingerprint density at radius 2 is 1.16 bits per heavy atom. The van der Waals surface area contributed by atoms with Crippen molar-refractivity contribution in [1.82, 2.24) is 0 Å². The van der Waals surface area contributed by atoms with Gasteiger partial charge in [0.25, 0.3) is 0 Å². The van der Waals surface area contributed by atoms with E-state index in [1.54, 1.807) is 6.08 Å². The highest BCUT2D eigenvalue weighted by atomic mass is 31.2. The number of aliphatic hydroxyl groups excluding tert-OH is 1. The second-order valence-electron chi connectivity index (χ2n) is 12.6. The van der Waals surface area contributed by atoms with Crippen molar-refractivity contribution in [1.29, 1.82) is 0 Å². The summed E-state index contributed by atoms with van der Waals surface area (Å²) >= 11 is 0. The first-order valence-electron chi connectivity index (χ1n) is 20.1. The minimum atomic E-state index is -4.42. The first-order valence-corrected chi connectivity index (χ1v) is 21.6. The van der Waals surface area contributed by atoms with Crippen LogP contribution in [0.4, 0.5) is 0 Å². The van der Waals surface area contributed by atoms with Crippen molar-refractivity contribution in [2.45, 2.75) is 122 Å². The fourth-order valence-corrected chi connectivity index (χ4v) is 5.26. The van der Waals surface area contributed by atoms with E-state index in [-0.39, 0.29) is 32.6 Å². The highest BCUT2D eigenvalue weighted by Gasteiger charge is 2.25. The predicted molar refractivity (Wildman–Crippen MR) is 230 cm³/mol. The molecule has 0 aliphatic rings. The maximum Gasteiger partial charge on any atom is 0.472 e. The van der Waals surface area contributed by atoms with Gasteiger partial charge in [0, 0.05) is 19.4 Å². The average molecular weight is 800 g/mol. The van der Waals surface area contributed by atoms with E-state index >= 15 is 0 Å². The number of nitrogens with two attached hydrogens (primary N) is 1. The third-order valence-electron chi connectivity index (χ3n) is 7.44. The zero-order chi connectivity index (χ0) is 41.2. The molecular weight excluding hydrogens is 729 g/mol. The number of unbranched alkanes of at least 4 members (excludes halogenated alkanes) is 2. The molecule has 0 heterocycles. The smallest absolute Gasteiger partial charge is 0.462 e. The van der Waals surface area contributed by atoms with Crippen LogP contribution in [-0.2, 0) is 32.7 Å². The number of rotatable bonds is 35. The third-order valence-corrected chi connectivity index (χ3v) is 8.42. The second kappa shape index (κ2) is 39.6. The Balaban J connectivity index is 4.45. The van der Waals surface area contributed by atoms with Crippen molar-refractivity contribution in [3.8, 4) is 0 Å². The first-order chi connectivity index (χ1) is 27.2. The second-order valence-corrected chi connectivity index (χ2v) is 14.0. The molecular formula is C45H70NO9P. The Bertz CT molecular complexity index is 1340. The lowest BCUT2D eigenvalue weighted by Crippen LogP contribution is -2.29. The number of phosphoric ester groups is 1. The van der Waals surface area contributed by atoms with Crippen molar-refractivity contribution in [2.24, 2.45) is 5.73 Å². The van der Waals surface area contributed by atoms with Crippen LogP contribution in [0.1, 0.15) is 110 Å². The first kappa shape index (κ1) is 52.4. The summed E-state index contributed by atoms with van der Waals surface area (Å²) in [7, 11) is -4.42. The van der Waals surface area contributed by atoms with Crippen LogP contribution in [-0.4, -0.2) is 60.5 Å². The van der Waals surface area contributed by atoms with E-state index in [1.807, 2.05) is 48.6 Å². The number of hydrogen-bond donors (Lipinski definition) is 3. The van der Waals surface area contributed by atoms with Gasteiger partial charge in [-0.15, -0.1) is 0 Å². The SMILES string of the molecule is CC/C=C\C/C=C\C/C=C\C/C=C\CCCCC(=O)O[C@H](COC(=O)CC/C=C\C/C=C\C/C=C\C/C=C/C=C/C(O)C/C=C\CC)COP(=O)(O)OCCN. The fourth-order valence-electron chi connectivity index (χ4n) is 4.50. The number of hydrogen-bond acceptors (Lipinski definition) is 9. The van der Waals surface area contributed by atoms with E-state index < -0.39 is 38.6 Å². The summed E-state index contributed by atoms with van der Waals surface area (Å²) in [6, 6.07) is 0. The van der Waals surface area contributed by atoms with Gasteiger partial charge in [-0.05, 0) is 83.5 Å². The Kier molecular flexibility index (Phi) is 37.0. The van der Waals surface area contributed by atoms with Gasteiger partial charge in [-0.1, -0.05) is 135 Å². The summed E-state index contributed by atoms with van der Waals surface area (Å²) in [4.78, 5) is 34.7. The molecule has 0 aliphatic heterocycles. The molecule has 11 heteroatoms. The molecule has 0 amide bonds. The Labute approximate surface area is 337 Å². The van der Waals surface area contributed by atoms with E-state index in [0.29, 0.717) is 19.3 Å². The van der Waals surface area contributed by atoms with Gasteiger partial charge >= 0.3 is 19.8 Å². The lowest BCUT2D eigenvalue weighted by molar-refractivity contribution is -0.161. The number of carbonyl (C=O) groups is 2. The van der Waals surface area contributed by atoms with Crippen LogP contribution < -0.4 is 5.73 Å². The Hall–Kier alpha value is -3.63. The number of ether oxygens (including phenoxy) is 2. The molecule has 0 fully saturated rings. The molecule has 56 heavy (non-hydrogen) atoms. The molecule has 0 rings (SSSR count). The van der Waals surface area contributed by atoms with Gasteiger partial charge in [0.1, 0.15) is 6.61 Å². The molecule has 3 atom stereocenters. The van der Waals surface area contributed by atoms with E-state index in [2.05, 4.69) is 80.7 Å².